The Hall–Kier alpha value is 0.270. The van der Waals surface area contributed by atoms with Gasteiger partial charge in [0.15, 0.2) is 0 Å². The fraction of sp³-hybridized carbons (Fsp3) is 1.00. The smallest absolute Gasteiger partial charge is 0.0470 e. The van der Waals surface area contributed by atoms with E-state index in [-0.39, 0.29) is 0 Å². The summed E-state index contributed by atoms with van der Waals surface area (Å²) in [5.41, 5.74) is 6.22. The van der Waals surface area contributed by atoms with Crippen molar-refractivity contribution in [2.75, 3.05) is 31.8 Å². The van der Waals surface area contributed by atoms with Crippen molar-refractivity contribution in [2.45, 2.75) is 25.7 Å². The first-order valence-corrected chi connectivity index (χ1v) is 6.25. The van der Waals surface area contributed by atoms with E-state index in [1.807, 2.05) is 0 Å². The van der Waals surface area contributed by atoms with Crippen LogP contribution < -0.4 is 5.73 Å². The summed E-state index contributed by atoms with van der Waals surface area (Å²) < 4.78 is 5.00. The Labute approximate surface area is 85.6 Å². The van der Waals surface area contributed by atoms with E-state index in [4.69, 9.17) is 10.5 Å². The number of nitrogens with two attached hydrogens (primary N) is 1. The van der Waals surface area contributed by atoms with Gasteiger partial charge in [0.25, 0.3) is 0 Å². The average Bonchev–Trinajstić information content (AvgIpc) is 2.86. The maximum atomic E-state index is 5.58. The molecule has 0 aromatic carbocycles. The summed E-state index contributed by atoms with van der Waals surface area (Å²) in [6.45, 7) is 1.76. The van der Waals surface area contributed by atoms with Crippen LogP contribution in [0.25, 0.3) is 0 Å². The molecule has 2 nitrogen and oxygen atoms in total. The molecule has 0 spiro atoms. The van der Waals surface area contributed by atoms with Crippen LogP contribution in [0.3, 0.4) is 0 Å². The van der Waals surface area contributed by atoms with Crippen LogP contribution in [-0.2, 0) is 4.74 Å². The minimum absolute atomic E-state index is 0.645. The van der Waals surface area contributed by atoms with Crippen LogP contribution in [-0.4, -0.2) is 31.8 Å². The summed E-state index contributed by atoms with van der Waals surface area (Å²) in [6.07, 6.45) is 5.22. The average molecular weight is 203 g/mol. The third kappa shape index (κ3) is 4.34. The Morgan fingerprint density at radius 2 is 2.23 bits per heavy atom. The molecule has 2 N–H and O–H groups in total. The fourth-order valence-corrected chi connectivity index (χ4v) is 2.88. The maximum absolute atomic E-state index is 5.58. The second kappa shape index (κ2) is 5.89. The molecule has 1 aliphatic rings. The van der Waals surface area contributed by atoms with Crippen molar-refractivity contribution in [3.63, 3.8) is 0 Å². The van der Waals surface area contributed by atoms with Gasteiger partial charge in [-0.1, -0.05) is 0 Å². The first-order chi connectivity index (χ1) is 6.33. The zero-order chi connectivity index (χ0) is 9.57. The number of ether oxygens (including phenoxy) is 1. The van der Waals surface area contributed by atoms with E-state index >= 15 is 0 Å². The molecule has 0 atom stereocenters. The fourth-order valence-electron chi connectivity index (χ4n) is 1.54. The van der Waals surface area contributed by atoms with Crippen molar-refractivity contribution in [3.8, 4) is 0 Å². The first kappa shape index (κ1) is 11.3. The Kier molecular flexibility index (Phi) is 5.14. The van der Waals surface area contributed by atoms with Crippen molar-refractivity contribution in [3.05, 3.63) is 0 Å². The number of rotatable bonds is 8. The van der Waals surface area contributed by atoms with Gasteiger partial charge >= 0.3 is 0 Å². The van der Waals surface area contributed by atoms with Crippen molar-refractivity contribution in [2.24, 2.45) is 11.1 Å². The molecule has 13 heavy (non-hydrogen) atoms. The summed E-state index contributed by atoms with van der Waals surface area (Å²) in [6, 6.07) is 0. The lowest BCUT2D eigenvalue weighted by Gasteiger charge is -2.12. The van der Waals surface area contributed by atoms with Crippen LogP contribution >= 0.6 is 11.8 Å². The molecule has 0 unspecified atom stereocenters. The largest absolute Gasteiger partial charge is 0.385 e. The highest BCUT2D eigenvalue weighted by Crippen LogP contribution is 2.50. The molecule has 1 rings (SSSR count). The highest BCUT2D eigenvalue weighted by atomic mass is 32.2. The monoisotopic (exact) mass is 203 g/mol. The highest BCUT2D eigenvalue weighted by Gasteiger charge is 2.40. The lowest BCUT2D eigenvalue weighted by molar-refractivity contribution is 0.200. The van der Waals surface area contributed by atoms with Crippen LogP contribution in [0.1, 0.15) is 25.7 Å². The molecule has 1 saturated carbocycles. The molecule has 0 aromatic heterocycles. The van der Waals surface area contributed by atoms with Gasteiger partial charge in [-0.05, 0) is 49.1 Å². The normalized spacial score (nSPS) is 18.9. The molecule has 3 heteroatoms. The predicted octanol–water partition coefficient (Wildman–Crippen LogP) is 1.89. The van der Waals surface area contributed by atoms with Crippen molar-refractivity contribution < 1.29 is 4.74 Å². The number of methoxy groups -OCH3 is 1. The van der Waals surface area contributed by atoms with Gasteiger partial charge < -0.3 is 10.5 Å². The molecule has 0 bridgehead atoms. The summed E-state index contributed by atoms with van der Waals surface area (Å²) >= 11 is 2.07. The first-order valence-electron chi connectivity index (χ1n) is 5.10. The zero-order valence-corrected chi connectivity index (χ0v) is 9.37. The van der Waals surface area contributed by atoms with Gasteiger partial charge in [0.05, 0.1) is 0 Å². The summed E-state index contributed by atoms with van der Waals surface area (Å²) in [5.74, 6) is 2.55. The third-order valence-electron chi connectivity index (χ3n) is 2.68. The minimum atomic E-state index is 0.645. The van der Waals surface area contributed by atoms with Crippen LogP contribution in [0.5, 0.6) is 0 Å². The van der Waals surface area contributed by atoms with Crippen LogP contribution in [0, 0.1) is 5.41 Å². The van der Waals surface area contributed by atoms with Gasteiger partial charge in [-0.15, -0.1) is 0 Å². The van der Waals surface area contributed by atoms with E-state index in [2.05, 4.69) is 11.8 Å². The lowest BCUT2D eigenvalue weighted by Crippen LogP contribution is -2.12. The lowest BCUT2D eigenvalue weighted by atomic mass is 10.1. The summed E-state index contributed by atoms with van der Waals surface area (Å²) in [4.78, 5) is 0. The molecular weight excluding hydrogens is 182 g/mol. The molecule has 0 radical (unpaired) electrons. The van der Waals surface area contributed by atoms with E-state index in [1.54, 1.807) is 7.11 Å². The minimum Gasteiger partial charge on any atom is -0.385 e. The Morgan fingerprint density at radius 3 is 2.77 bits per heavy atom. The zero-order valence-electron chi connectivity index (χ0n) is 8.55. The molecule has 0 aromatic rings. The topological polar surface area (TPSA) is 35.2 Å². The van der Waals surface area contributed by atoms with Gasteiger partial charge in [-0.25, -0.2) is 0 Å². The van der Waals surface area contributed by atoms with Crippen molar-refractivity contribution in [1.29, 1.82) is 0 Å². The summed E-state index contributed by atoms with van der Waals surface area (Å²) in [5, 5.41) is 0. The standard InChI is InChI=1S/C10H21NOS/c1-12-7-2-8-13-9-10(3-4-10)5-6-11/h2-9,11H2,1H3. The maximum Gasteiger partial charge on any atom is 0.0470 e. The van der Waals surface area contributed by atoms with Gasteiger partial charge in [0.2, 0.25) is 0 Å². The molecular formula is C10H21NOS. The molecule has 78 valence electrons. The molecule has 0 saturated heterocycles. The SMILES string of the molecule is COCCCSCC1(CCN)CC1. The van der Waals surface area contributed by atoms with Crippen LogP contribution in [0.2, 0.25) is 0 Å². The highest BCUT2D eigenvalue weighted by molar-refractivity contribution is 7.99. The van der Waals surface area contributed by atoms with Gasteiger partial charge in [0, 0.05) is 13.7 Å². The molecule has 1 aliphatic carbocycles. The molecule has 1 fully saturated rings. The van der Waals surface area contributed by atoms with Gasteiger partial charge in [-0.3, -0.25) is 0 Å². The Morgan fingerprint density at radius 1 is 1.46 bits per heavy atom. The van der Waals surface area contributed by atoms with Gasteiger partial charge in [-0.2, -0.15) is 11.8 Å². The van der Waals surface area contributed by atoms with E-state index < -0.39 is 0 Å². The molecule has 0 heterocycles. The van der Waals surface area contributed by atoms with E-state index in [0.717, 1.165) is 13.2 Å². The van der Waals surface area contributed by atoms with Crippen LogP contribution in [0.15, 0.2) is 0 Å². The molecule has 0 amide bonds. The second-order valence-electron chi connectivity index (χ2n) is 3.94. The van der Waals surface area contributed by atoms with E-state index in [0.29, 0.717) is 5.41 Å². The van der Waals surface area contributed by atoms with Crippen molar-refractivity contribution >= 4 is 11.8 Å². The van der Waals surface area contributed by atoms with Crippen LogP contribution in [0.4, 0.5) is 0 Å². The molecule has 0 aliphatic heterocycles. The van der Waals surface area contributed by atoms with Crippen molar-refractivity contribution in [1.82, 2.24) is 0 Å². The predicted molar refractivity (Wildman–Crippen MR) is 59.2 cm³/mol. The quantitative estimate of drug-likeness (QED) is 0.612. The van der Waals surface area contributed by atoms with E-state index in [1.165, 1.54) is 37.2 Å². The second-order valence-corrected chi connectivity index (χ2v) is 5.04. The third-order valence-corrected chi connectivity index (χ3v) is 4.07. The van der Waals surface area contributed by atoms with E-state index in [9.17, 15) is 0 Å². The Bertz CT molecular complexity index is 137. The Balaban J connectivity index is 1.93. The number of thioether (sulfide) groups is 1. The van der Waals surface area contributed by atoms with Gasteiger partial charge in [0.1, 0.15) is 0 Å². The summed E-state index contributed by atoms with van der Waals surface area (Å²) in [7, 11) is 1.77. The number of hydrogen-bond acceptors (Lipinski definition) is 3. The number of hydrogen-bond donors (Lipinski definition) is 1.